The molecule has 3 rings (SSSR count). The second kappa shape index (κ2) is 7.12. The molecule has 2 amide bonds. The van der Waals surface area contributed by atoms with Gasteiger partial charge in [-0.2, -0.15) is 0 Å². The number of carboxylic acids is 1. The second-order valence-corrected chi connectivity index (χ2v) is 5.55. The molecule has 2 N–H and O–H groups in total. The van der Waals surface area contributed by atoms with Gasteiger partial charge in [-0.3, -0.25) is 9.59 Å². The van der Waals surface area contributed by atoms with Crippen molar-refractivity contribution in [1.82, 2.24) is 20.2 Å². The first-order valence-corrected chi connectivity index (χ1v) is 7.72. The molecule has 2 aromatic rings. The first kappa shape index (κ1) is 16.6. The Bertz CT molecular complexity index is 772. The average molecular weight is 344 g/mol. The molecule has 0 aromatic carbocycles. The van der Waals surface area contributed by atoms with Crippen molar-refractivity contribution in [3.8, 4) is 0 Å². The van der Waals surface area contributed by atoms with Crippen molar-refractivity contribution in [2.24, 2.45) is 0 Å². The summed E-state index contributed by atoms with van der Waals surface area (Å²) in [5.41, 5.74) is -0.235. The quantitative estimate of drug-likeness (QED) is 0.817. The van der Waals surface area contributed by atoms with Gasteiger partial charge in [0.15, 0.2) is 5.69 Å². The SMILES string of the molecule is O=C(O)c1cnc(C(=O)N2CCCC2C(=O)NCc2ccco2)cn1. The Morgan fingerprint density at radius 2 is 2.04 bits per heavy atom. The zero-order chi connectivity index (χ0) is 17.8. The molecule has 9 heteroatoms. The average Bonchev–Trinajstić information content (AvgIpc) is 3.30. The number of aromatic carboxylic acids is 1. The van der Waals surface area contributed by atoms with Crippen molar-refractivity contribution in [2.75, 3.05) is 6.54 Å². The molecule has 3 heterocycles. The van der Waals surface area contributed by atoms with Gasteiger partial charge in [-0.25, -0.2) is 14.8 Å². The smallest absolute Gasteiger partial charge is 0.356 e. The molecule has 1 aliphatic heterocycles. The highest BCUT2D eigenvalue weighted by atomic mass is 16.4. The Balaban J connectivity index is 1.66. The zero-order valence-electron chi connectivity index (χ0n) is 13.2. The molecule has 1 unspecified atom stereocenters. The largest absolute Gasteiger partial charge is 0.476 e. The van der Waals surface area contributed by atoms with Gasteiger partial charge in [0.25, 0.3) is 5.91 Å². The number of furan rings is 1. The van der Waals surface area contributed by atoms with Crippen molar-refractivity contribution in [1.29, 1.82) is 0 Å². The van der Waals surface area contributed by atoms with Crippen LogP contribution in [0.15, 0.2) is 35.2 Å². The first-order valence-electron chi connectivity index (χ1n) is 7.72. The standard InChI is InChI=1S/C16H16N4O5/c21-14(19-7-10-3-2-6-25-10)13-4-1-5-20(13)15(22)11-8-18-12(9-17-11)16(23)24/h2-3,6,8-9,13H,1,4-5,7H2,(H,19,21)(H,23,24). The molecule has 1 fully saturated rings. The molecule has 25 heavy (non-hydrogen) atoms. The maximum Gasteiger partial charge on any atom is 0.356 e. The van der Waals surface area contributed by atoms with Crippen LogP contribution >= 0.6 is 0 Å². The molecule has 1 atom stereocenters. The molecule has 0 saturated carbocycles. The number of carbonyl (C=O) groups excluding carboxylic acids is 2. The Morgan fingerprint density at radius 1 is 1.28 bits per heavy atom. The van der Waals surface area contributed by atoms with E-state index in [-0.39, 0.29) is 23.8 Å². The van der Waals surface area contributed by atoms with Crippen LogP contribution in [0, 0.1) is 0 Å². The summed E-state index contributed by atoms with van der Waals surface area (Å²) in [5.74, 6) is -1.31. The molecule has 9 nitrogen and oxygen atoms in total. The minimum absolute atomic E-state index is 0.00994. The van der Waals surface area contributed by atoms with Crippen LogP contribution < -0.4 is 5.32 Å². The van der Waals surface area contributed by atoms with Crippen LogP contribution in [0.25, 0.3) is 0 Å². The number of amides is 2. The van der Waals surface area contributed by atoms with Crippen molar-refractivity contribution in [3.63, 3.8) is 0 Å². The maximum atomic E-state index is 12.6. The molecule has 0 aliphatic carbocycles. The monoisotopic (exact) mass is 344 g/mol. The van der Waals surface area contributed by atoms with Gasteiger partial charge in [-0.15, -0.1) is 0 Å². The van der Waals surface area contributed by atoms with Gasteiger partial charge < -0.3 is 19.7 Å². The second-order valence-electron chi connectivity index (χ2n) is 5.55. The van der Waals surface area contributed by atoms with Crippen LogP contribution in [0.2, 0.25) is 0 Å². The molecule has 1 saturated heterocycles. The van der Waals surface area contributed by atoms with Gasteiger partial charge >= 0.3 is 5.97 Å². The number of rotatable bonds is 5. The van der Waals surface area contributed by atoms with Gasteiger partial charge in [-0.1, -0.05) is 0 Å². The van der Waals surface area contributed by atoms with Gasteiger partial charge in [-0.05, 0) is 25.0 Å². The number of carbonyl (C=O) groups is 3. The van der Waals surface area contributed by atoms with E-state index in [0.29, 0.717) is 25.1 Å². The third kappa shape index (κ3) is 3.65. The maximum absolute atomic E-state index is 12.6. The van der Waals surface area contributed by atoms with Crippen molar-refractivity contribution < 1.29 is 23.9 Å². The van der Waals surface area contributed by atoms with Gasteiger partial charge in [0.2, 0.25) is 5.91 Å². The van der Waals surface area contributed by atoms with E-state index in [1.54, 1.807) is 12.1 Å². The summed E-state index contributed by atoms with van der Waals surface area (Å²) in [5, 5.41) is 11.6. The normalized spacial score (nSPS) is 16.6. The number of carboxylic acid groups (broad SMARTS) is 1. The van der Waals surface area contributed by atoms with Crippen LogP contribution in [0.1, 0.15) is 39.6 Å². The van der Waals surface area contributed by atoms with Crippen LogP contribution in [-0.2, 0) is 11.3 Å². The van der Waals surface area contributed by atoms with Crippen molar-refractivity contribution >= 4 is 17.8 Å². The van der Waals surface area contributed by atoms with E-state index in [1.165, 1.54) is 11.2 Å². The minimum Gasteiger partial charge on any atom is -0.476 e. The summed E-state index contributed by atoms with van der Waals surface area (Å²) in [4.78, 5) is 44.7. The lowest BCUT2D eigenvalue weighted by Gasteiger charge is -2.23. The van der Waals surface area contributed by atoms with Crippen LogP contribution in [0.5, 0.6) is 0 Å². The van der Waals surface area contributed by atoms with E-state index >= 15 is 0 Å². The molecule has 1 aliphatic rings. The minimum atomic E-state index is -1.22. The molecular formula is C16H16N4O5. The Kier molecular flexibility index (Phi) is 4.73. The summed E-state index contributed by atoms with van der Waals surface area (Å²) in [6.07, 6.45) is 4.91. The van der Waals surface area contributed by atoms with E-state index < -0.39 is 17.9 Å². The van der Waals surface area contributed by atoms with Crippen molar-refractivity contribution in [2.45, 2.75) is 25.4 Å². The molecule has 0 spiro atoms. The van der Waals surface area contributed by atoms with E-state index in [4.69, 9.17) is 9.52 Å². The highest BCUT2D eigenvalue weighted by Gasteiger charge is 2.35. The van der Waals surface area contributed by atoms with Crippen LogP contribution in [0.3, 0.4) is 0 Å². The van der Waals surface area contributed by atoms with Gasteiger partial charge in [0.1, 0.15) is 17.5 Å². The number of hydrogen-bond acceptors (Lipinski definition) is 6. The highest BCUT2D eigenvalue weighted by molar-refractivity contribution is 5.96. The Hall–Kier alpha value is -3.23. The van der Waals surface area contributed by atoms with Gasteiger partial charge in [0.05, 0.1) is 25.2 Å². The number of nitrogens with one attached hydrogen (secondary N) is 1. The molecular weight excluding hydrogens is 328 g/mol. The predicted molar refractivity (Wildman–Crippen MR) is 83.6 cm³/mol. The summed E-state index contributed by atoms with van der Waals surface area (Å²) in [6.45, 7) is 0.678. The Labute approximate surface area is 142 Å². The van der Waals surface area contributed by atoms with Crippen molar-refractivity contribution in [3.05, 3.63) is 47.9 Å². The fraction of sp³-hybridized carbons (Fsp3) is 0.312. The highest BCUT2D eigenvalue weighted by Crippen LogP contribution is 2.20. The fourth-order valence-electron chi connectivity index (χ4n) is 2.68. The number of likely N-dealkylation sites (tertiary alicyclic amines) is 1. The lowest BCUT2D eigenvalue weighted by molar-refractivity contribution is -0.125. The first-order chi connectivity index (χ1) is 12.1. The van der Waals surface area contributed by atoms with E-state index in [1.807, 2.05) is 0 Å². The predicted octanol–water partition coefficient (Wildman–Crippen LogP) is 0.689. The van der Waals surface area contributed by atoms with Crippen LogP contribution in [-0.4, -0.2) is 50.3 Å². The third-order valence-electron chi connectivity index (χ3n) is 3.92. The topological polar surface area (TPSA) is 126 Å². The molecule has 2 aromatic heterocycles. The Morgan fingerprint density at radius 3 is 2.68 bits per heavy atom. The number of nitrogens with zero attached hydrogens (tertiary/aromatic N) is 3. The number of aromatic nitrogens is 2. The third-order valence-corrected chi connectivity index (χ3v) is 3.92. The van der Waals surface area contributed by atoms with E-state index in [0.717, 1.165) is 12.4 Å². The summed E-state index contributed by atoms with van der Waals surface area (Å²) in [7, 11) is 0. The van der Waals surface area contributed by atoms with Crippen LogP contribution in [0.4, 0.5) is 0 Å². The molecule has 0 bridgehead atoms. The lowest BCUT2D eigenvalue weighted by Crippen LogP contribution is -2.46. The summed E-state index contributed by atoms with van der Waals surface area (Å²) in [6, 6.07) is 2.88. The fourth-order valence-corrected chi connectivity index (χ4v) is 2.68. The molecule has 0 radical (unpaired) electrons. The summed E-state index contributed by atoms with van der Waals surface area (Å²) >= 11 is 0. The zero-order valence-corrected chi connectivity index (χ0v) is 13.2. The summed E-state index contributed by atoms with van der Waals surface area (Å²) < 4.78 is 5.16. The lowest BCUT2D eigenvalue weighted by atomic mass is 10.2. The molecule has 130 valence electrons. The van der Waals surface area contributed by atoms with Gasteiger partial charge in [0, 0.05) is 6.54 Å². The van der Waals surface area contributed by atoms with E-state index in [9.17, 15) is 14.4 Å². The van der Waals surface area contributed by atoms with E-state index in [2.05, 4.69) is 15.3 Å². The number of hydrogen-bond donors (Lipinski definition) is 2.